The number of aromatic nitrogens is 2. The average Bonchev–Trinajstić information content (AvgIpc) is 3.60. The number of halogens is 4. The van der Waals surface area contributed by atoms with Crippen LogP contribution in [0.2, 0.25) is 0 Å². The van der Waals surface area contributed by atoms with Crippen molar-refractivity contribution in [2.75, 3.05) is 26.1 Å². The lowest BCUT2D eigenvalue weighted by Crippen LogP contribution is -2.40. The monoisotopic (exact) mass is 672 g/mol. The predicted molar refractivity (Wildman–Crippen MR) is 177 cm³/mol. The van der Waals surface area contributed by atoms with E-state index in [1.807, 2.05) is 0 Å². The summed E-state index contributed by atoms with van der Waals surface area (Å²) in [5, 5.41) is -0.147. The van der Waals surface area contributed by atoms with Crippen LogP contribution in [0, 0.1) is 5.82 Å². The first-order chi connectivity index (χ1) is 24.8. The van der Waals surface area contributed by atoms with Crippen LogP contribution in [0.4, 0.5) is 17.6 Å². The summed E-state index contributed by atoms with van der Waals surface area (Å²) in [7, 11) is 0. The van der Waals surface area contributed by atoms with Gasteiger partial charge >= 0.3 is 6.18 Å². The minimum Gasteiger partial charge on any atom is -0.336 e. The van der Waals surface area contributed by atoms with Gasteiger partial charge in [0.25, 0.3) is 5.56 Å². The highest BCUT2D eigenvalue weighted by molar-refractivity contribution is 7.98. The number of hydrogen-bond donors (Lipinski definition) is 0. The zero-order valence-electron chi connectivity index (χ0n) is 31.9. The van der Waals surface area contributed by atoms with Crippen molar-refractivity contribution < 1.29 is 30.6 Å². The van der Waals surface area contributed by atoms with Crippen LogP contribution < -0.4 is 5.56 Å². The highest BCUT2D eigenvalue weighted by atomic mass is 32.2. The van der Waals surface area contributed by atoms with Gasteiger partial charge in [0.05, 0.1) is 11.0 Å². The van der Waals surface area contributed by atoms with Gasteiger partial charge in [-0.1, -0.05) is 74.1 Å². The summed E-state index contributed by atoms with van der Waals surface area (Å²) in [4.78, 5) is 33.6. The summed E-state index contributed by atoms with van der Waals surface area (Å²) >= 11 is 0.953. The molecule has 0 aliphatic heterocycles. The second-order valence-electron chi connectivity index (χ2n) is 10.9. The topological polar surface area (TPSA) is 58.4 Å². The number of fused-ring (bicyclic) bond motifs is 1. The Morgan fingerprint density at radius 2 is 1.53 bits per heavy atom. The molecule has 0 radical (unpaired) electrons. The minimum atomic E-state index is -4.51. The van der Waals surface area contributed by atoms with Crippen molar-refractivity contribution in [2.24, 2.45) is 0 Å². The summed E-state index contributed by atoms with van der Waals surface area (Å²) in [6, 6.07) is 16.2. The molecule has 0 saturated carbocycles. The molecular weight excluding hydrogens is 628 g/mol. The Morgan fingerprint density at radius 1 is 0.915 bits per heavy atom. The molecule has 1 aliphatic rings. The van der Waals surface area contributed by atoms with Crippen molar-refractivity contribution in [3.8, 4) is 11.1 Å². The smallest absolute Gasteiger partial charge is 0.336 e. The lowest BCUT2D eigenvalue weighted by molar-refractivity contribution is -0.137. The average molecular weight is 673 g/mol. The number of likely N-dealkylation sites (N-methyl/N-ethyl adjacent to an activating group) is 1. The lowest BCUT2D eigenvalue weighted by Gasteiger charge is -2.28. The molecule has 0 spiro atoms. The van der Waals surface area contributed by atoms with Gasteiger partial charge in [-0.2, -0.15) is 18.2 Å². The number of carbonyl (C=O) groups is 1. The Kier molecular flexibility index (Phi) is 8.80. The van der Waals surface area contributed by atoms with Gasteiger partial charge in [0.1, 0.15) is 12.3 Å². The SMILES string of the molecule is [2H]C([2H])(C(=O)N(Cc1ccc(-c2ccc(C(F)(F)F)cc2)cc1)C([2H])([2H])C([2H])([2H])N(CC)CC)n1c(SCc2ccc(F)cc2)nc(=O)c2c1CCC2. The van der Waals surface area contributed by atoms with Crippen molar-refractivity contribution in [3.63, 3.8) is 0 Å². The van der Waals surface area contributed by atoms with Gasteiger partial charge in [-0.3, -0.25) is 9.59 Å². The van der Waals surface area contributed by atoms with Gasteiger partial charge < -0.3 is 14.4 Å². The third-order valence-electron chi connectivity index (χ3n) is 7.79. The Morgan fingerprint density at radius 3 is 2.15 bits per heavy atom. The van der Waals surface area contributed by atoms with E-state index in [4.69, 9.17) is 5.48 Å². The number of nitrogens with zero attached hydrogens (tertiary/aromatic N) is 4. The molecule has 5 rings (SSSR count). The van der Waals surface area contributed by atoms with E-state index in [1.54, 1.807) is 26.0 Å². The zero-order chi connectivity index (χ0) is 38.9. The Hall–Kier alpha value is -3.96. The van der Waals surface area contributed by atoms with E-state index in [9.17, 15) is 29.9 Å². The largest absolute Gasteiger partial charge is 0.416 e. The summed E-state index contributed by atoms with van der Waals surface area (Å²) in [5.74, 6) is -1.74. The quantitative estimate of drug-likeness (QED) is 0.0853. The summed E-state index contributed by atoms with van der Waals surface area (Å²) in [5.41, 5.74) is 0.997. The first-order valence-corrected chi connectivity index (χ1v) is 16.2. The maximum absolute atomic E-state index is 14.7. The molecule has 47 heavy (non-hydrogen) atoms. The van der Waals surface area contributed by atoms with E-state index in [0.717, 1.165) is 28.5 Å². The van der Waals surface area contributed by atoms with E-state index >= 15 is 0 Å². The molecule has 1 amide bonds. The first-order valence-electron chi connectivity index (χ1n) is 18.2. The number of alkyl halides is 3. The first kappa shape index (κ1) is 27.0. The number of hydrogen-bond acceptors (Lipinski definition) is 5. The molecule has 248 valence electrons. The third kappa shape index (κ3) is 8.70. The maximum Gasteiger partial charge on any atom is 0.416 e. The van der Waals surface area contributed by atoms with Gasteiger partial charge in [0.2, 0.25) is 5.91 Å². The molecule has 1 aliphatic carbocycles. The van der Waals surface area contributed by atoms with Crippen LogP contribution in [0.25, 0.3) is 11.1 Å². The van der Waals surface area contributed by atoms with Gasteiger partial charge in [-0.05, 0) is 78.9 Å². The fourth-order valence-corrected chi connectivity index (χ4v) is 6.05. The van der Waals surface area contributed by atoms with Gasteiger partial charge in [0, 0.05) is 39.3 Å². The van der Waals surface area contributed by atoms with E-state index in [1.165, 1.54) is 53.4 Å². The molecule has 0 bridgehead atoms. The van der Waals surface area contributed by atoms with Gasteiger partial charge in [-0.15, -0.1) is 0 Å². The number of rotatable bonds is 13. The standard InChI is InChI=1S/C36H38F4N4O2S/c1-3-42(4-2)20-21-43(22-25-8-12-27(13-9-25)28-14-16-29(17-15-28)36(38,39)40)33(45)23-44-32-7-5-6-31(32)34(46)41-35(44)47-24-26-10-18-30(37)19-11-26/h8-19H,3-7,20-24H2,1-2H3/i20D2,21D2,23D2. The molecule has 0 atom stereocenters. The van der Waals surface area contributed by atoms with Crippen LogP contribution in [0.1, 0.15) is 56.4 Å². The van der Waals surface area contributed by atoms with Gasteiger partial charge in [0.15, 0.2) is 5.16 Å². The van der Waals surface area contributed by atoms with E-state index in [0.29, 0.717) is 40.0 Å². The molecule has 0 unspecified atom stereocenters. The van der Waals surface area contributed by atoms with E-state index in [-0.39, 0.29) is 41.7 Å². The van der Waals surface area contributed by atoms with Crippen LogP contribution >= 0.6 is 11.8 Å². The number of amides is 1. The Labute approximate surface area is 284 Å². The van der Waals surface area contributed by atoms with Crippen LogP contribution in [-0.2, 0) is 42.6 Å². The van der Waals surface area contributed by atoms with Crippen molar-refractivity contribution in [1.29, 1.82) is 0 Å². The van der Waals surface area contributed by atoms with E-state index < -0.39 is 55.1 Å². The van der Waals surface area contributed by atoms with Crippen molar-refractivity contribution >= 4 is 17.7 Å². The molecule has 0 fully saturated rings. The molecule has 6 nitrogen and oxygen atoms in total. The lowest BCUT2D eigenvalue weighted by atomic mass is 10.0. The molecular formula is C36H38F4N4O2S. The minimum absolute atomic E-state index is 0.0705. The Balaban J connectivity index is 1.57. The number of thioether (sulfide) groups is 1. The molecule has 1 heterocycles. The fourth-order valence-electron chi connectivity index (χ4n) is 5.13. The predicted octanol–water partition coefficient (Wildman–Crippen LogP) is 7.22. The van der Waals surface area contributed by atoms with Crippen molar-refractivity contribution in [3.05, 3.63) is 117 Å². The summed E-state index contributed by atoms with van der Waals surface area (Å²) in [6.45, 7) is -6.22. The Bertz CT molecular complexity index is 1990. The second-order valence-corrected chi connectivity index (χ2v) is 11.8. The van der Waals surface area contributed by atoms with Crippen LogP contribution in [0.3, 0.4) is 0 Å². The molecule has 1 aromatic heterocycles. The van der Waals surface area contributed by atoms with E-state index in [2.05, 4.69) is 4.98 Å². The highest BCUT2D eigenvalue weighted by Crippen LogP contribution is 2.31. The maximum atomic E-state index is 14.7. The summed E-state index contributed by atoms with van der Waals surface area (Å²) < 4.78 is 109. The number of carbonyl (C=O) groups excluding carboxylic acids is 1. The zero-order valence-corrected chi connectivity index (χ0v) is 26.7. The van der Waals surface area contributed by atoms with Crippen molar-refractivity contribution in [2.45, 2.75) is 63.2 Å². The highest BCUT2D eigenvalue weighted by Gasteiger charge is 2.30. The van der Waals surface area contributed by atoms with Crippen LogP contribution in [0.5, 0.6) is 0 Å². The van der Waals surface area contributed by atoms with Gasteiger partial charge in [-0.25, -0.2) is 4.39 Å². The third-order valence-corrected chi connectivity index (χ3v) is 8.80. The molecule has 4 aromatic rings. The fraction of sp³-hybridized carbons (Fsp3) is 0.361. The molecule has 3 aromatic carbocycles. The summed E-state index contributed by atoms with van der Waals surface area (Å²) in [6.07, 6.45) is -3.48. The second kappa shape index (κ2) is 15.3. The molecule has 0 N–H and O–H groups in total. The number of benzene rings is 3. The van der Waals surface area contributed by atoms with Crippen LogP contribution in [0.15, 0.2) is 82.7 Å². The van der Waals surface area contributed by atoms with Crippen LogP contribution in [-0.4, -0.2) is 51.3 Å². The van der Waals surface area contributed by atoms with Crippen molar-refractivity contribution in [1.82, 2.24) is 19.4 Å². The normalized spacial score (nSPS) is 15.6. The molecule has 11 heteroatoms. The molecule has 0 saturated heterocycles.